The van der Waals surface area contributed by atoms with Gasteiger partial charge < -0.3 is 9.84 Å². The minimum atomic E-state index is -3.23. The molecule has 0 aromatic heterocycles. The summed E-state index contributed by atoms with van der Waals surface area (Å²) in [5.41, 5.74) is 1.63. The molecule has 6 heteroatoms. The highest BCUT2D eigenvalue weighted by Crippen LogP contribution is 2.31. The van der Waals surface area contributed by atoms with Gasteiger partial charge in [-0.25, -0.2) is 13.4 Å². The summed E-state index contributed by atoms with van der Waals surface area (Å²) >= 11 is 0. The molecule has 0 aliphatic carbocycles. The third-order valence-corrected chi connectivity index (χ3v) is 4.84. The van der Waals surface area contributed by atoms with E-state index in [-0.39, 0.29) is 11.5 Å². The number of rotatable bonds is 4. The standard InChI is InChI=1S/C17H17NO4S/c1-23(20,21)14-9-7-12(8-10-14)16-15(11-19)18-17(22-16)13-5-3-2-4-6-13/h2-10,15-16,19H,11H2,1H3/t15-,16-/m0/s1. The Morgan fingerprint density at radius 1 is 1.09 bits per heavy atom. The zero-order valence-electron chi connectivity index (χ0n) is 12.6. The summed E-state index contributed by atoms with van der Waals surface area (Å²) in [6, 6.07) is 15.6. The maximum Gasteiger partial charge on any atom is 0.217 e. The Morgan fingerprint density at radius 2 is 1.74 bits per heavy atom. The third-order valence-electron chi connectivity index (χ3n) is 3.72. The number of aliphatic hydroxyl groups is 1. The van der Waals surface area contributed by atoms with Crippen LogP contribution in [0.2, 0.25) is 0 Å². The van der Waals surface area contributed by atoms with E-state index in [1.807, 2.05) is 30.3 Å². The Hall–Kier alpha value is -2.18. The van der Waals surface area contributed by atoms with Gasteiger partial charge in [-0.05, 0) is 29.8 Å². The Balaban J connectivity index is 1.87. The molecule has 0 spiro atoms. The second kappa shape index (κ2) is 6.14. The van der Waals surface area contributed by atoms with Crippen LogP contribution in [0.25, 0.3) is 0 Å². The second-order valence-corrected chi connectivity index (χ2v) is 7.45. The van der Waals surface area contributed by atoms with Crippen LogP contribution in [0.5, 0.6) is 0 Å². The normalized spacial score (nSPS) is 20.9. The molecule has 0 bridgehead atoms. The molecule has 1 N–H and O–H groups in total. The first-order valence-corrected chi connectivity index (χ1v) is 9.09. The predicted octanol–water partition coefficient (Wildman–Crippen LogP) is 1.97. The molecule has 0 radical (unpaired) electrons. The molecule has 23 heavy (non-hydrogen) atoms. The Kier molecular flexibility index (Phi) is 4.19. The molecule has 1 aliphatic rings. The van der Waals surface area contributed by atoms with Gasteiger partial charge >= 0.3 is 0 Å². The summed E-state index contributed by atoms with van der Waals surface area (Å²) in [5, 5.41) is 9.56. The lowest BCUT2D eigenvalue weighted by molar-refractivity contribution is 0.152. The molecule has 2 aromatic rings. The quantitative estimate of drug-likeness (QED) is 0.929. The fourth-order valence-electron chi connectivity index (χ4n) is 2.50. The first-order chi connectivity index (χ1) is 11.0. The van der Waals surface area contributed by atoms with E-state index in [1.54, 1.807) is 24.3 Å². The average molecular weight is 331 g/mol. The molecule has 0 saturated heterocycles. The van der Waals surface area contributed by atoms with Gasteiger partial charge in [-0.15, -0.1) is 0 Å². The van der Waals surface area contributed by atoms with Gasteiger partial charge in [0.25, 0.3) is 0 Å². The highest BCUT2D eigenvalue weighted by molar-refractivity contribution is 7.90. The van der Waals surface area contributed by atoms with Crippen molar-refractivity contribution in [2.24, 2.45) is 4.99 Å². The highest BCUT2D eigenvalue weighted by Gasteiger charge is 2.32. The third kappa shape index (κ3) is 3.28. The van der Waals surface area contributed by atoms with Crippen LogP contribution in [0.4, 0.5) is 0 Å². The molecule has 5 nitrogen and oxygen atoms in total. The maximum atomic E-state index is 11.5. The van der Waals surface area contributed by atoms with Crippen molar-refractivity contribution in [3.63, 3.8) is 0 Å². The van der Waals surface area contributed by atoms with Crippen molar-refractivity contribution in [3.8, 4) is 0 Å². The lowest BCUT2D eigenvalue weighted by atomic mass is 10.0. The summed E-state index contributed by atoms with van der Waals surface area (Å²) in [4.78, 5) is 4.69. The summed E-state index contributed by atoms with van der Waals surface area (Å²) < 4.78 is 29.0. The van der Waals surface area contributed by atoms with Gasteiger partial charge in [0.05, 0.1) is 11.5 Å². The first-order valence-electron chi connectivity index (χ1n) is 7.20. The molecule has 0 unspecified atom stereocenters. The number of benzene rings is 2. The molecule has 1 aliphatic heterocycles. The van der Waals surface area contributed by atoms with Crippen molar-refractivity contribution in [2.75, 3.05) is 12.9 Å². The first kappa shape index (κ1) is 15.7. The van der Waals surface area contributed by atoms with Crippen molar-refractivity contribution in [3.05, 3.63) is 65.7 Å². The Bertz CT molecular complexity index is 813. The lowest BCUT2D eigenvalue weighted by Gasteiger charge is -2.16. The number of nitrogens with zero attached hydrogens (tertiary/aromatic N) is 1. The molecule has 120 valence electrons. The Morgan fingerprint density at radius 3 is 2.30 bits per heavy atom. The molecule has 3 rings (SSSR count). The van der Waals surface area contributed by atoms with Gasteiger partial charge in [-0.1, -0.05) is 30.3 Å². The van der Waals surface area contributed by atoms with Crippen LogP contribution < -0.4 is 0 Å². The van der Waals surface area contributed by atoms with Crippen molar-refractivity contribution < 1.29 is 18.3 Å². The fraction of sp³-hybridized carbons (Fsp3) is 0.235. The molecule has 0 saturated carbocycles. The number of aliphatic hydroxyl groups excluding tert-OH is 1. The molecule has 1 heterocycles. The van der Waals surface area contributed by atoms with Crippen molar-refractivity contribution in [1.29, 1.82) is 0 Å². The van der Waals surface area contributed by atoms with Crippen LogP contribution in [0.1, 0.15) is 17.2 Å². The van der Waals surface area contributed by atoms with Gasteiger partial charge in [-0.2, -0.15) is 0 Å². The van der Waals surface area contributed by atoms with Crippen LogP contribution in [0.3, 0.4) is 0 Å². The predicted molar refractivity (Wildman–Crippen MR) is 87.2 cm³/mol. The van der Waals surface area contributed by atoms with E-state index in [9.17, 15) is 13.5 Å². The van der Waals surface area contributed by atoms with Gasteiger partial charge in [0.1, 0.15) is 6.04 Å². The van der Waals surface area contributed by atoms with Crippen LogP contribution in [-0.2, 0) is 14.6 Å². The highest BCUT2D eigenvalue weighted by atomic mass is 32.2. The number of sulfone groups is 1. The van der Waals surface area contributed by atoms with E-state index in [4.69, 9.17) is 4.74 Å². The maximum absolute atomic E-state index is 11.5. The monoisotopic (exact) mass is 331 g/mol. The molecule has 2 aromatic carbocycles. The summed E-state index contributed by atoms with van der Waals surface area (Å²) in [5.74, 6) is 0.488. The van der Waals surface area contributed by atoms with E-state index < -0.39 is 22.0 Å². The fourth-order valence-corrected chi connectivity index (χ4v) is 3.13. The largest absolute Gasteiger partial charge is 0.467 e. The van der Waals surface area contributed by atoms with E-state index in [2.05, 4.69) is 4.99 Å². The van der Waals surface area contributed by atoms with E-state index >= 15 is 0 Å². The number of ether oxygens (including phenoxy) is 1. The van der Waals surface area contributed by atoms with Crippen molar-refractivity contribution in [2.45, 2.75) is 17.0 Å². The smallest absolute Gasteiger partial charge is 0.217 e. The summed E-state index contributed by atoms with van der Waals surface area (Å²) in [6.07, 6.45) is 0.741. The van der Waals surface area contributed by atoms with Crippen LogP contribution in [0.15, 0.2) is 64.5 Å². The van der Waals surface area contributed by atoms with Crippen LogP contribution in [0, 0.1) is 0 Å². The molecular weight excluding hydrogens is 314 g/mol. The molecule has 0 fully saturated rings. The van der Waals surface area contributed by atoms with Gasteiger partial charge in [0.2, 0.25) is 5.90 Å². The van der Waals surface area contributed by atoms with E-state index in [1.165, 1.54) is 6.26 Å². The number of aliphatic imine (C=N–C) groups is 1. The molecule has 2 atom stereocenters. The average Bonchev–Trinajstić information content (AvgIpc) is 2.99. The lowest BCUT2D eigenvalue weighted by Crippen LogP contribution is -2.18. The topological polar surface area (TPSA) is 76.0 Å². The number of hydrogen-bond acceptors (Lipinski definition) is 5. The summed E-state index contributed by atoms with van der Waals surface area (Å²) in [6.45, 7) is -0.144. The SMILES string of the molecule is CS(=O)(=O)c1ccc([C@@H]2OC(c3ccccc3)=N[C@H]2CO)cc1. The van der Waals surface area contributed by atoms with Gasteiger partial charge in [0, 0.05) is 11.8 Å². The van der Waals surface area contributed by atoms with Crippen LogP contribution >= 0.6 is 0 Å². The Labute approximate surface area is 135 Å². The van der Waals surface area contributed by atoms with Crippen molar-refractivity contribution in [1.82, 2.24) is 0 Å². The van der Waals surface area contributed by atoms with Gasteiger partial charge in [0.15, 0.2) is 15.9 Å². The molecule has 0 amide bonds. The van der Waals surface area contributed by atoms with Crippen LogP contribution in [-0.4, -0.2) is 38.3 Å². The minimum absolute atomic E-state index is 0.144. The zero-order chi connectivity index (χ0) is 16.4. The molecular formula is C17H17NO4S. The second-order valence-electron chi connectivity index (χ2n) is 5.43. The minimum Gasteiger partial charge on any atom is -0.467 e. The van der Waals surface area contributed by atoms with Crippen molar-refractivity contribution >= 4 is 15.7 Å². The summed E-state index contributed by atoms with van der Waals surface area (Å²) in [7, 11) is -3.23. The zero-order valence-corrected chi connectivity index (χ0v) is 13.4. The van der Waals surface area contributed by atoms with Gasteiger partial charge in [-0.3, -0.25) is 0 Å². The van der Waals surface area contributed by atoms with E-state index in [0.29, 0.717) is 5.90 Å². The number of hydrogen-bond donors (Lipinski definition) is 1. The van der Waals surface area contributed by atoms with E-state index in [0.717, 1.165) is 11.1 Å².